The molecule has 0 radical (unpaired) electrons. The maximum atomic E-state index is 11.1. The van der Waals surface area contributed by atoms with Crippen molar-refractivity contribution >= 4 is 14.3 Å². The SMILES string of the molecule is C=C(O[Si](C)(C)C(C)(C)C)/C(C)=C/C(=O)OC. The monoisotopic (exact) mass is 256 g/mol. The van der Waals surface area contributed by atoms with Crippen LogP contribution in [0.5, 0.6) is 0 Å². The first-order valence-electron chi connectivity index (χ1n) is 5.66. The van der Waals surface area contributed by atoms with E-state index in [9.17, 15) is 4.79 Å². The van der Waals surface area contributed by atoms with Crippen LogP contribution in [0.3, 0.4) is 0 Å². The summed E-state index contributed by atoms with van der Waals surface area (Å²) in [6.45, 7) is 16.4. The van der Waals surface area contributed by atoms with E-state index in [1.54, 1.807) is 6.92 Å². The number of rotatable bonds is 4. The van der Waals surface area contributed by atoms with E-state index in [-0.39, 0.29) is 11.0 Å². The lowest BCUT2D eigenvalue weighted by Crippen LogP contribution is -2.40. The van der Waals surface area contributed by atoms with Crippen LogP contribution in [0.4, 0.5) is 0 Å². The number of hydrogen-bond acceptors (Lipinski definition) is 3. The number of ether oxygens (including phenoxy) is 1. The van der Waals surface area contributed by atoms with Crippen molar-refractivity contribution < 1.29 is 14.0 Å². The van der Waals surface area contributed by atoms with Gasteiger partial charge in [0, 0.05) is 6.08 Å². The minimum absolute atomic E-state index is 0.113. The zero-order valence-corrected chi connectivity index (χ0v) is 13.0. The molecule has 0 bridgehead atoms. The van der Waals surface area contributed by atoms with Crippen molar-refractivity contribution in [1.29, 1.82) is 0 Å². The summed E-state index contributed by atoms with van der Waals surface area (Å²) in [4.78, 5) is 11.1. The highest BCUT2D eigenvalue weighted by molar-refractivity contribution is 6.74. The molecule has 0 aromatic carbocycles. The summed E-state index contributed by atoms with van der Waals surface area (Å²) >= 11 is 0. The zero-order chi connectivity index (χ0) is 13.9. The molecule has 0 unspecified atom stereocenters. The van der Waals surface area contributed by atoms with Gasteiger partial charge in [-0.05, 0) is 30.6 Å². The highest BCUT2D eigenvalue weighted by atomic mass is 28.4. The van der Waals surface area contributed by atoms with E-state index in [0.717, 1.165) is 0 Å². The number of methoxy groups -OCH3 is 1. The average Bonchev–Trinajstić information content (AvgIpc) is 2.14. The molecule has 17 heavy (non-hydrogen) atoms. The summed E-state index contributed by atoms with van der Waals surface area (Å²) in [6.07, 6.45) is 1.40. The first-order chi connectivity index (χ1) is 7.51. The van der Waals surface area contributed by atoms with Crippen LogP contribution in [-0.4, -0.2) is 21.4 Å². The highest BCUT2D eigenvalue weighted by Gasteiger charge is 2.39. The molecule has 0 saturated heterocycles. The van der Waals surface area contributed by atoms with Crippen LogP contribution in [0, 0.1) is 0 Å². The molecule has 4 heteroatoms. The van der Waals surface area contributed by atoms with Crippen molar-refractivity contribution in [3.05, 3.63) is 24.0 Å². The van der Waals surface area contributed by atoms with Gasteiger partial charge in [0.25, 0.3) is 0 Å². The van der Waals surface area contributed by atoms with E-state index in [4.69, 9.17) is 4.43 Å². The second kappa shape index (κ2) is 5.54. The molecule has 0 heterocycles. The van der Waals surface area contributed by atoms with Crippen molar-refractivity contribution in [2.75, 3.05) is 7.11 Å². The third-order valence-corrected chi connectivity index (χ3v) is 7.53. The number of hydrogen-bond donors (Lipinski definition) is 0. The molecule has 3 nitrogen and oxygen atoms in total. The minimum atomic E-state index is -1.88. The number of carbonyl (C=O) groups is 1. The second-order valence-electron chi connectivity index (χ2n) is 5.64. The largest absolute Gasteiger partial charge is 0.544 e. The van der Waals surface area contributed by atoms with E-state index in [2.05, 4.69) is 45.2 Å². The van der Waals surface area contributed by atoms with Crippen LogP contribution in [0.1, 0.15) is 27.7 Å². The fraction of sp³-hybridized carbons (Fsp3) is 0.615. The molecule has 0 spiro atoms. The maximum absolute atomic E-state index is 11.1. The fourth-order valence-corrected chi connectivity index (χ4v) is 1.94. The maximum Gasteiger partial charge on any atom is 0.330 e. The molecule has 98 valence electrons. The molecule has 0 aromatic heterocycles. The Morgan fingerprint density at radius 2 is 1.76 bits per heavy atom. The van der Waals surface area contributed by atoms with Gasteiger partial charge in [0.2, 0.25) is 8.32 Å². The van der Waals surface area contributed by atoms with Crippen molar-refractivity contribution in [3.63, 3.8) is 0 Å². The Kier molecular flexibility index (Phi) is 5.20. The van der Waals surface area contributed by atoms with Gasteiger partial charge in [-0.1, -0.05) is 27.4 Å². The Morgan fingerprint density at radius 3 is 2.12 bits per heavy atom. The van der Waals surface area contributed by atoms with Gasteiger partial charge in [-0.25, -0.2) is 4.79 Å². The summed E-state index contributed by atoms with van der Waals surface area (Å²) in [7, 11) is -0.534. The highest BCUT2D eigenvalue weighted by Crippen LogP contribution is 2.38. The molecule has 0 N–H and O–H groups in total. The van der Waals surface area contributed by atoms with Gasteiger partial charge >= 0.3 is 5.97 Å². The number of carbonyl (C=O) groups excluding carboxylic acids is 1. The van der Waals surface area contributed by atoms with E-state index in [0.29, 0.717) is 11.3 Å². The standard InChI is InChI=1S/C13H24O3Si/c1-10(9-12(14)15-6)11(2)16-17(7,8)13(3,4)5/h9H,2H2,1,3-8H3/b10-9+. The van der Waals surface area contributed by atoms with Gasteiger partial charge in [-0.2, -0.15) is 0 Å². The van der Waals surface area contributed by atoms with Crippen molar-refractivity contribution in [1.82, 2.24) is 0 Å². The van der Waals surface area contributed by atoms with Crippen LogP contribution in [-0.2, 0) is 14.0 Å². The minimum Gasteiger partial charge on any atom is -0.544 e. The molecule has 0 amide bonds. The topological polar surface area (TPSA) is 35.5 Å². The molecule has 0 aliphatic heterocycles. The Balaban J connectivity index is 4.78. The van der Waals surface area contributed by atoms with Gasteiger partial charge in [-0.15, -0.1) is 0 Å². The normalized spacial score (nSPS) is 13.2. The van der Waals surface area contributed by atoms with Crippen molar-refractivity contribution in [3.8, 4) is 0 Å². The van der Waals surface area contributed by atoms with E-state index < -0.39 is 8.32 Å². The molecule has 0 rings (SSSR count). The Labute approximate surface area is 106 Å². The molecule has 0 fully saturated rings. The molecule has 0 atom stereocenters. The van der Waals surface area contributed by atoms with E-state index >= 15 is 0 Å². The second-order valence-corrected chi connectivity index (χ2v) is 10.4. The molecule has 0 aliphatic carbocycles. The lowest BCUT2D eigenvalue weighted by molar-refractivity contribution is -0.134. The van der Waals surface area contributed by atoms with Gasteiger partial charge in [-0.3, -0.25) is 0 Å². The van der Waals surface area contributed by atoms with Crippen LogP contribution >= 0.6 is 0 Å². The van der Waals surface area contributed by atoms with Crippen molar-refractivity contribution in [2.24, 2.45) is 0 Å². The lowest BCUT2D eigenvalue weighted by Gasteiger charge is -2.37. The summed E-state index contributed by atoms with van der Waals surface area (Å²) in [5.74, 6) is 0.171. The van der Waals surface area contributed by atoms with Crippen LogP contribution in [0.2, 0.25) is 18.1 Å². The lowest BCUT2D eigenvalue weighted by atomic mass is 10.2. The number of esters is 1. The summed E-state index contributed by atoms with van der Waals surface area (Å²) in [5, 5.41) is 0.113. The van der Waals surface area contributed by atoms with Crippen LogP contribution in [0.15, 0.2) is 24.0 Å². The molecule has 0 aromatic rings. The molecule has 0 aliphatic rings. The first kappa shape index (κ1) is 16.0. The molecular formula is C13H24O3Si. The Hall–Kier alpha value is -1.03. The predicted molar refractivity (Wildman–Crippen MR) is 73.2 cm³/mol. The zero-order valence-electron chi connectivity index (χ0n) is 12.0. The van der Waals surface area contributed by atoms with Gasteiger partial charge in [0.15, 0.2) is 0 Å². The summed E-state index contributed by atoms with van der Waals surface area (Å²) < 4.78 is 10.5. The molecular weight excluding hydrogens is 232 g/mol. The Morgan fingerprint density at radius 1 is 1.29 bits per heavy atom. The molecule has 0 saturated carbocycles. The third kappa shape index (κ3) is 4.77. The van der Waals surface area contributed by atoms with Gasteiger partial charge in [0.05, 0.1) is 12.9 Å². The first-order valence-corrected chi connectivity index (χ1v) is 8.56. The van der Waals surface area contributed by atoms with E-state index in [1.165, 1.54) is 13.2 Å². The smallest absolute Gasteiger partial charge is 0.330 e. The van der Waals surface area contributed by atoms with Crippen molar-refractivity contribution in [2.45, 2.75) is 45.8 Å². The fourth-order valence-electron chi connectivity index (χ4n) is 0.858. The third-order valence-electron chi connectivity index (χ3n) is 3.16. The van der Waals surface area contributed by atoms with Gasteiger partial charge < -0.3 is 9.16 Å². The quantitative estimate of drug-likeness (QED) is 0.253. The van der Waals surface area contributed by atoms with Crippen LogP contribution < -0.4 is 0 Å². The predicted octanol–water partition coefficient (Wildman–Crippen LogP) is 3.64. The summed E-state index contributed by atoms with van der Waals surface area (Å²) in [5.41, 5.74) is 0.710. The average molecular weight is 256 g/mol. The Bertz CT molecular complexity index is 335. The number of allylic oxidation sites excluding steroid dienone is 1. The van der Waals surface area contributed by atoms with Crippen LogP contribution in [0.25, 0.3) is 0 Å². The van der Waals surface area contributed by atoms with Gasteiger partial charge in [0.1, 0.15) is 0 Å². The summed E-state index contributed by atoms with van der Waals surface area (Å²) in [6, 6.07) is 0. The van der Waals surface area contributed by atoms with E-state index in [1.807, 2.05) is 0 Å².